The van der Waals surface area contributed by atoms with Gasteiger partial charge in [0.1, 0.15) is 0 Å². The number of hydrogen-bond donors (Lipinski definition) is 0. The van der Waals surface area contributed by atoms with E-state index in [9.17, 15) is 0 Å². The molecular weight excluding hydrogens is 188 g/mol. The second-order valence-electron chi connectivity index (χ2n) is 2.09. The van der Waals surface area contributed by atoms with Crippen molar-refractivity contribution in [2.75, 3.05) is 5.33 Å². The molecule has 0 fully saturated rings. The number of rotatable bonds is 3. The monoisotopic (exact) mass is 197 g/mol. The Morgan fingerprint density at radius 1 is 1.20 bits per heavy atom. The molecule has 0 aliphatic heterocycles. The summed E-state index contributed by atoms with van der Waals surface area (Å²) in [5.74, 6) is 0. The van der Waals surface area contributed by atoms with E-state index in [-0.39, 0.29) is 0 Å². The lowest BCUT2D eigenvalue weighted by Crippen LogP contribution is -1.80. The van der Waals surface area contributed by atoms with Gasteiger partial charge in [0, 0.05) is 5.33 Å². The van der Waals surface area contributed by atoms with Crippen LogP contribution in [0, 0.1) is 6.42 Å². The van der Waals surface area contributed by atoms with Gasteiger partial charge >= 0.3 is 0 Å². The maximum Gasteiger partial charge on any atom is 0.00373 e. The van der Waals surface area contributed by atoms with Crippen LogP contribution in [0.4, 0.5) is 0 Å². The van der Waals surface area contributed by atoms with E-state index in [1.54, 1.807) is 0 Å². The summed E-state index contributed by atoms with van der Waals surface area (Å²) >= 11 is 3.38. The Morgan fingerprint density at radius 2 is 1.90 bits per heavy atom. The van der Waals surface area contributed by atoms with Crippen LogP contribution in [0.15, 0.2) is 30.3 Å². The Balaban J connectivity index is 2.43. The van der Waals surface area contributed by atoms with Crippen LogP contribution in [0.25, 0.3) is 0 Å². The number of benzene rings is 1. The zero-order chi connectivity index (χ0) is 7.23. The molecule has 0 amide bonds. The highest BCUT2D eigenvalue weighted by Crippen LogP contribution is 2.05. The second kappa shape index (κ2) is 4.51. The van der Waals surface area contributed by atoms with Crippen LogP contribution in [0.5, 0.6) is 0 Å². The summed E-state index contributed by atoms with van der Waals surface area (Å²) in [4.78, 5) is 0. The van der Waals surface area contributed by atoms with Crippen LogP contribution in [-0.4, -0.2) is 5.33 Å². The van der Waals surface area contributed by atoms with E-state index < -0.39 is 0 Å². The van der Waals surface area contributed by atoms with Gasteiger partial charge in [0.15, 0.2) is 0 Å². The Labute approximate surface area is 70.4 Å². The molecule has 0 nitrogen and oxygen atoms in total. The van der Waals surface area contributed by atoms with Crippen molar-refractivity contribution in [1.82, 2.24) is 0 Å². The standard InChI is InChI=1S/C9H10Br/c10-8-4-7-9-5-2-1-3-6-9/h1-3,5-7H,4,8H2. The van der Waals surface area contributed by atoms with Crippen molar-refractivity contribution in [3.63, 3.8) is 0 Å². The molecule has 1 rings (SSSR count). The normalized spacial score (nSPS) is 9.70. The van der Waals surface area contributed by atoms with Gasteiger partial charge in [-0.2, -0.15) is 0 Å². The number of hydrogen-bond acceptors (Lipinski definition) is 0. The van der Waals surface area contributed by atoms with Gasteiger partial charge in [-0.3, -0.25) is 0 Å². The van der Waals surface area contributed by atoms with Crippen molar-refractivity contribution >= 4 is 15.9 Å². The SMILES string of the molecule is BrCC[CH]c1ccccc1. The lowest BCUT2D eigenvalue weighted by atomic mass is 10.1. The van der Waals surface area contributed by atoms with E-state index in [1.807, 2.05) is 6.07 Å². The van der Waals surface area contributed by atoms with Crippen molar-refractivity contribution in [2.24, 2.45) is 0 Å². The molecule has 0 unspecified atom stereocenters. The van der Waals surface area contributed by atoms with Gasteiger partial charge in [-0.05, 0) is 18.4 Å². The molecule has 0 N–H and O–H groups in total. The zero-order valence-electron chi connectivity index (χ0n) is 5.76. The lowest BCUT2D eigenvalue weighted by Gasteiger charge is -1.95. The minimum absolute atomic E-state index is 1.04. The van der Waals surface area contributed by atoms with Gasteiger partial charge in [-0.15, -0.1) is 0 Å². The highest BCUT2D eigenvalue weighted by atomic mass is 79.9. The van der Waals surface area contributed by atoms with Gasteiger partial charge in [0.2, 0.25) is 0 Å². The van der Waals surface area contributed by atoms with Crippen LogP contribution in [0.2, 0.25) is 0 Å². The summed E-state index contributed by atoms with van der Waals surface area (Å²) in [5.41, 5.74) is 1.31. The van der Waals surface area contributed by atoms with Crippen molar-refractivity contribution in [3.8, 4) is 0 Å². The Bertz CT molecular complexity index is 169. The third-order valence-electron chi connectivity index (χ3n) is 1.29. The molecule has 0 spiro atoms. The average Bonchev–Trinajstić information content (AvgIpc) is 2.03. The first-order chi connectivity index (χ1) is 4.93. The fourth-order valence-corrected chi connectivity index (χ4v) is 1.04. The first-order valence-corrected chi connectivity index (χ1v) is 4.50. The molecule has 1 aromatic carbocycles. The fraction of sp³-hybridized carbons (Fsp3) is 0.222. The topological polar surface area (TPSA) is 0 Å². The van der Waals surface area contributed by atoms with Crippen LogP contribution in [0.3, 0.4) is 0 Å². The minimum atomic E-state index is 1.04. The van der Waals surface area contributed by atoms with Crippen LogP contribution in [-0.2, 0) is 0 Å². The molecule has 0 aliphatic rings. The summed E-state index contributed by atoms with van der Waals surface area (Å²) in [5, 5.41) is 1.04. The molecule has 1 aromatic rings. The molecule has 0 bridgehead atoms. The van der Waals surface area contributed by atoms with Crippen LogP contribution in [0.1, 0.15) is 12.0 Å². The van der Waals surface area contributed by atoms with Crippen LogP contribution < -0.4 is 0 Å². The molecule has 0 saturated heterocycles. The van der Waals surface area contributed by atoms with Gasteiger partial charge in [0.25, 0.3) is 0 Å². The number of alkyl halides is 1. The van der Waals surface area contributed by atoms with Crippen molar-refractivity contribution in [2.45, 2.75) is 6.42 Å². The predicted molar refractivity (Wildman–Crippen MR) is 48.3 cm³/mol. The van der Waals surface area contributed by atoms with E-state index in [0.717, 1.165) is 11.8 Å². The largest absolute Gasteiger partial charge is 0.0928 e. The smallest absolute Gasteiger partial charge is 0.00373 e. The number of halogens is 1. The average molecular weight is 198 g/mol. The molecule has 0 aliphatic carbocycles. The van der Waals surface area contributed by atoms with Gasteiger partial charge < -0.3 is 0 Å². The Morgan fingerprint density at radius 3 is 2.50 bits per heavy atom. The predicted octanol–water partition coefficient (Wildman–Crippen LogP) is 3.02. The maximum absolute atomic E-state index is 3.38. The summed E-state index contributed by atoms with van der Waals surface area (Å²) in [7, 11) is 0. The molecule has 1 radical (unpaired) electrons. The quantitative estimate of drug-likeness (QED) is 0.655. The van der Waals surface area contributed by atoms with E-state index in [2.05, 4.69) is 46.6 Å². The summed E-state index contributed by atoms with van der Waals surface area (Å²) < 4.78 is 0. The van der Waals surface area contributed by atoms with Gasteiger partial charge in [-0.1, -0.05) is 46.3 Å². The minimum Gasteiger partial charge on any atom is -0.0928 e. The molecule has 53 valence electrons. The summed E-state index contributed by atoms with van der Waals surface area (Å²) in [6.07, 6.45) is 3.32. The summed E-state index contributed by atoms with van der Waals surface area (Å²) in [6, 6.07) is 10.4. The second-order valence-corrected chi connectivity index (χ2v) is 2.89. The first kappa shape index (κ1) is 7.80. The third kappa shape index (κ3) is 2.53. The first-order valence-electron chi connectivity index (χ1n) is 3.37. The molecule has 0 aromatic heterocycles. The Kier molecular flexibility index (Phi) is 3.52. The van der Waals surface area contributed by atoms with E-state index in [1.165, 1.54) is 5.56 Å². The van der Waals surface area contributed by atoms with Crippen LogP contribution >= 0.6 is 15.9 Å². The van der Waals surface area contributed by atoms with Gasteiger partial charge in [-0.25, -0.2) is 0 Å². The molecule has 0 saturated carbocycles. The fourth-order valence-electron chi connectivity index (χ4n) is 0.810. The van der Waals surface area contributed by atoms with Crippen molar-refractivity contribution in [1.29, 1.82) is 0 Å². The molecule has 0 atom stereocenters. The highest BCUT2D eigenvalue weighted by molar-refractivity contribution is 9.09. The summed E-state index contributed by atoms with van der Waals surface area (Å²) in [6.45, 7) is 0. The van der Waals surface area contributed by atoms with E-state index >= 15 is 0 Å². The van der Waals surface area contributed by atoms with Crippen molar-refractivity contribution < 1.29 is 0 Å². The highest BCUT2D eigenvalue weighted by Gasteiger charge is 1.88. The third-order valence-corrected chi connectivity index (χ3v) is 1.75. The maximum atomic E-state index is 3.38. The molecule has 0 heterocycles. The van der Waals surface area contributed by atoms with E-state index in [4.69, 9.17) is 0 Å². The van der Waals surface area contributed by atoms with Gasteiger partial charge in [0.05, 0.1) is 0 Å². The molecular formula is C9H10Br. The molecule has 10 heavy (non-hydrogen) atoms. The zero-order valence-corrected chi connectivity index (χ0v) is 7.34. The Hall–Kier alpha value is -0.300. The van der Waals surface area contributed by atoms with Crippen molar-refractivity contribution in [3.05, 3.63) is 42.3 Å². The molecule has 1 heteroatoms. The van der Waals surface area contributed by atoms with E-state index in [0.29, 0.717) is 0 Å². The lowest BCUT2D eigenvalue weighted by molar-refractivity contribution is 1.15.